The Bertz CT molecular complexity index is 762. The molecule has 9 heteroatoms. The van der Waals surface area contributed by atoms with Crippen LogP contribution in [0.1, 0.15) is 77.0 Å². The van der Waals surface area contributed by atoms with Crippen LogP contribution in [0.5, 0.6) is 0 Å². The van der Waals surface area contributed by atoms with Crippen LogP contribution in [-0.2, 0) is 8.85 Å². The molecule has 0 fully saturated rings. The highest BCUT2D eigenvalue weighted by molar-refractivity contribution is 6.92. The summed E-state index contributed by atoms with van der Waals surface area (Å²) >= 11 is 23.3. The van der Waals surface area contributed by atoms with Gasteiger partial charge in [0.2, 0.25) is 0 Å². The lowest BCUT2D eigenvalue weighted by molar-refractivity contribution is 0.184. The van der Waals surface area contributed by atoms with E-state index in [4.69, 9.17) is 55.3 Å². The maximum absolute atomic E-state index is 6.83. The van der Waals surface area contributed by atoms with Gasteiger partial charge in [0.15, 0.2) is 0 Å². The van der Waals surface area contributed by atoms with Crippen LogP contribution in [0.4, 0.5) is 0 Å². The highest BCUT2D eigenvalue weighted by Gasteiger charge is 2.42. The average molecular weight is 663 g/mol. The van der Waals surface area contributed by atoms with Crippen LogP contribution in [0.2, 0.25) is 12.1 Å². The van der Waals surface area contributed by atoms with Crippen molar-refractivity contribution in [2.45, 2.75) is 98.1 Å². The van der Waals surface area contributed by atoms with Crippen LogP contribution in [0.15, 0.2) is 60.7 Å². The van der Waals surface area contributed by atoms with Crippen molar-refractivity contribution in [2.24, 2.45) is 0 Å². The van der Waals surface area contributed by atoms with Crippen molar-refractivity contribution in [1.82, 2.24) is 0 Å². The molecule has 0 aliphatic heterocycles. The first-order chi connectivity index (χ1) is 19.0. The van der Waals surface area contributed by atoms with Crippen molar-refractivity contribution in [2.75, 3.05) is 13.2 Å². The summed E-state index contributed by atoms with van der Waals surface area (Å²) in [6.07, 6.45) is 14.4. The van der Waals surface area contributed by atoms with E-state index in [0.29, 0.717) is 19.0 Å². The second-order valence-corrected chi connectivity index (χ2v) is 19.4. The summed E-state index contributed by atoms with van der Waals surface area (Å²) in [6, 6.07) is 23.5. The van der Waals surface area contributed by atoms with Gasteiger partial charge in [0.1, 0.15) is 0 Å². The Kier molecular flexibility index (Phi) is 20.6. The van der Waals surface area contributed by atoms with E-state index in [0.717, 1.165) is 38.1 Å². The molecule has 0 spiro atoms. The van der Waals surface area contributed by atoms with Gasteiger partial charge in [-0.3, -0.25) is 0 Å². The van der Waals surface area contributed by atoms with Gasteiger partial charge in [-0.1, -0.05) is 137 Å². The quantitative estimate of drug-likeness (QED) is 0.0636. The Morgan fingerprint density at radius 1 is 0.487 bits per heavy atom. The minimum absolute atomic E-state index is 0.195. The van der Waals surface area contributed by atoms with Crippen molar-refractivity contribution in [3.63, 3.8) is 0 Å². The molecule has 0 unspecified atom stereocenters. The van der Waals surface area contributed by atoms with Crippen LogP contribution in [-0.4, -0.2) is 49.7 Å². The van der Waals surface area contributed by atoms with Crippen molar-refractivity contribution in [3.05, 3.63) is 60.7 Å². The number of hydrogen-bond acceptors (Lipinski definition) is 2. The summed E-state index contributed by atoms with van der Waals surface area (Å²) < 4.78 is 13.3. The van der Waals surface area contributed by atoms with E-state index in [1.165, 1.54) is 74.6 Å². The van der Waals surface area contributed by atoms with Gasteiger partial charge in [-0.05, 0) is 23.2 Å². The third-order valence-electron chi connectivity index (χ3n) is 6.66. The average Bonchev–Trinajstić information content (AvgIpc) is 2.94. The fraction of sp³-hybridized carbons (Fsp3) is 0.600. The summed E-state index contributed by atoms with van der Waals surface area (Å²) in [6.45, 7) is 1.45. The van der Waals surface area contributed by atoms with Crippen molar-refractivity contribution in [1.29, 1.82) is 0 Å². The molecule has 0 saturated heterocycles. The number of hydrogen-bond donors (Lipinski definition) is 0. The first-order valence-corrected chi connectivity index (χ1v) is 20.6. The maximum atomic E-state index is 6.83. The zero-order chi connectivity index (χ0) is 28.0. The van der Waals surface area contributed by atoms with Crippen molar-refractivity contribution in [3.8, 4) is 0 Å². The minimum Gasteiger partial charge on any atom is -0.388 e. The Morgan fingerprint density at radius 3 is 1.18 bits per heavy atom. The topological polar surface area (TPSA) is 18.5 Å². The van der Waals surface area contributed by atoms with Crippen LogP contribution in [0, 0.1) is 0 Å². The van der Waals surface area contributed by atoms with Gasteiger partial charge in [-0.15, -0.1) is 46.4 Å². The van der Waals surface area contributed by atoms with Gasteiger partial charge in [0.25, 0.3) is 0 Å². The Labute approximate surface area is 263 Å². The molecule has 0 amide bonds. The third kappa shape index (κ3) is 15.8. The molecule has 0 aromatic heterocycles. The number of benzene rings is 2. The normalized spacial score (nSPS) is 12.1. The summed E-state index contributed by atoms with van der Waals surface area (Å²) in [7, 11) is -1.47. The van der Waals surface area contributed by atoms with E-state index >= 15 is 0 Å². The summed E-state index contributed by atoms with van der Waals surface area (Å²) in [5, 5.41) is 2.37. The SMILES string of the molecule is ClC(Cl)[Si]CCCCCCCCO[Si](OCCCCCCCC[Si]C(Cl)Cl)(c1ccccc1)c1ccccc1. The number of unbranched alkanes of at least 4 members (excludes halogenated alkanes) is 10. The summed E-state index contributed by atoms with van der Waals surface area (Å²) in [4.78, 5) is 0. The minimum atomic E-state index is -2.79. The zero-order valence-electron chi connectivity index (χ0n) is 23.1. The smallest absolute Gasteiger partial charge is 0.388 e. The number of alkyl halides is 4. The molecule has 0 bridgehead atoms. The Balaban J connectivity index is 1.84. The summed E-state index contributed by atoms with van der Waals surface area (Å²) in [5.41, 5.74) is 0. The molecule has 0 heterocycles. The first-order valence-electron chi connectivity index (χ1n) is 14.5. The second-order valence-electron chi connectivity index (χ2n) is 9.80. The standard InChI is InChI=1S/C30H44Cl4O2Si3/c31-29(32)37-25-17-7-3-1-5-15-23-35-39(27-19-11-9-12-20-27,28-21-13-10-14-22-28)36-24-16-6-2-4-8-18-26-38-30(33)34/h9-14,19-22,29-30H,1-8,15-18,23-26H2. The molecule has 216 valence electrons. The maximum Gasteiger partial charge on any atom is 0.407 e. The number of rotatable bonds is 24. The van der Waals surface area contributed by atoms with Gasteiger partial charge < -0.3 is 8.85 Å². The van der Waals surface area contributed by atoms with Gasteiger partial charge in [-0.2, -0.15) is 0 Å². The van der Waals surface area contributed by atoms with E-state index in [-0.39, 0.29) is 8.92 Å². The van der Waals surface area contributed by atoms with Gasteiger partial charge in [0.05, 0.1) is 28.0 Å². The lowest BCUT2D eigenvalue weighted by Crippen LogP contribution is -2.63. The highest BCUT2D eigenvalue weighted by Crippen LogP contribution is 2.16. The molecular formula is C30H44Cl4O2Si3. The molecule has 39 heavy (non-hydrogen) atoms. The van der Waals surface area contributed by atoms with E-state index in [1.807, 2.05) is 0 Å². The molecule has 0 aliphatic carbocycles. The van der Waals surface area contributed by atoms with Crippen molar-refractivity contribution < 1.29 is 8.85 Å². The highest BCUT2D eigenvalue weighted by atomic mass is 35.5. The number of halogens is 4. The molecule has 0 aliphatic rings. The van der Waals surface area contributed by atoms with Crippen molar-refractivity contribution >= 4 is 84.4 Å². The van der Waals surface area contributed by atoms with E-state index in [9.17, 15) is 0 Å². The molecule has 2 aromatic carbocycles. The Morgan fingerprint density at radius 2 is 0.821 bits per heavy atom. The third-order valence-corrected chi connectivity index (χ3v) is 13.8. The molecule has 2 rings (SSSR count). The van der Waals surface area contributed by atoms with Crippen LogP contribution >= 0.6 is 46.4 Å². The van der Waals surface area contributed by atoms with Crippen LogP contribution in [0.3, 0.4) is 0 Å². The predicted molar refractivity (Wildman–Crippen MR) is 177 cm³/mol. The lowest BCUT2D eigenvalue weighted by Gasteiger charge is -2.31. The van der Waals surface area contributed by atoms with Gasteiger partial charge >= 0.3 is 8.56 Å². The summed E-state index contributed by atoms with van der Waals surface area (Å²) in [5.74, 6) is 0. The lowest BCUT2D eigenvalue weighted by atomic mass is 10.1. The van der Waals surface area contributed by atoms with E-state index in [2.05, 4.69) is 60.7 Å². The molecule has 0 atom stereocenters. The molecule has 0 saturated carbocycles. The molecule has 0 N–H and O–H groups in total. The largest absolute Gasteiger partial charge is 0.407 e. The van der Waals surface area contributed by atoms with E-state index in [1.54, 1.807) is 0 Å². The monoisotopic (exact) mass is 660 g/mol. The molecule has 2 nitrogen and oxygen atoms in total. The zero-order valence-corrected chi connectivity index (χ0v) is 29.1. The second kappa shape index (κ2) is 22.7. The predicted octanol–water partition coefficient (Wildman–Crippen LogP) is 8.72. The van der Waals surface area contributed by atoms with Gasteiger partial charge in [-0.25, -0.2) is 0 Å². The molecular weight excluding hydrogens is 618 g/mol. The fourth-order valence-electron chi connectivity index (χ4n) is 4.58. The van der Waals surface area contributed by atoms with Gasteiger partial charge in [0, 0.05) is 13.2 Å². The molecule has 4 radical (unpaired) electrons. The first kappa shape index (κ1) is 35.4. The van der Waals surface area contributed by atoms with Crippen LogP contribution < -0.4 is 10.4 Å². The Hall–Kier alpha value is 0.171. The van der Waals surface area contributed by atoms with E-state index < -0.39 is 8.56 Å². The fourth-order valence-corrected chi connectivity index (χ4v) is 10.4. The molecule has 2 aromatic rings. The van der Waals surface area contributed by atoms with Crippen LogP contribution in [0.25, 0.3) is 0 Å².